The van der Waals surface area contributed by atoms with Gasteiger partial charge in [-0.2, -0.15) is 0 Å². The molecule has 3 aromatic rings. The molecule has 2 heterocycles. The van der Waals surface area contributed by atoms with Crippen LogP contribution in [0.4, 0.5) is 0 Å². The highest BCUT2D eigenvalue weighted by molar-refractivity contribution is 7.05. The third-order valence-corrected chi connectivity index (χ3v) is 4.02. The van der Waals surface area contributed by atoms with Crippen molar-refractivity contribution in [1.82, 2.24) is 14.3 Å². The number of pyridine rings is 1. The monoisotopic (exact) mass is 303 g/mol. The van der Waals surface area contributed by atoms with Crippen LogP contribution in [0, 0.1) is 0 Å². The summed E-state index contributed by atoms with van der Waals surface area (Å²) in [6.45, 7) is 1.69. The van der Waals surface area contributed by atoms with Gasteiger partial charge >= 0.3 is 0 Å². The van der Waals surface area contributed by atoms with Crippen LogP contribution in [0.3, 0.4) is 0 Å². The van der Waals surface area contributed by atoms with Crippen molar-refractivity contribution < 1.29 is 0 Å². The van der Waals surface area contributed by atoms with Crippen LogP contribution in [0.15, 0.2) is 42.6 Å². The highest BCUT2D eigenvalue weighted by Gasteiger charge is 2.05. The second kappa shape index (κ2) is 5.87. The van der Waals surface area contributed by atoms with Crippen LogP contribution in [0.2, 0.25) is 5.02 Å². The molecule has 0 amide bonds. The summed E-state index contributed by atoms with van der Waals surface area (Å²) in [7, 11) is 2.09. The molecule has 20 heavy (non-hydrogen) atoms. The van der Waals surface area contributed by atoms with Crippen LogP contribution < -0.4 is 0 Å². The third kappa shape index (κ3) is 3.15. The van der Waals surface area contributed by atoms with E-state index >= 15 is 0 Å². The van der Waals surface area contributed by atoms with Crippen LogP contribution in [-0.2, 0) is 13.1 Å². The van der Waals surface area contributed by atoms with Crippen molar-refractivity contribution in [2.75, 3.05) is 7.05 Å². The van der Waals surface area contributed by atoms with Crippen LogP contribution in [0.1, 0.15) is 10.6 Å². The lowest BCUT2D eigenvalue weighted by atomic mass is 10.2. The van der Waals surface area contributed by atoms with Crippen molar-refractivity contribution >= 4 is 34.0 Å². The minimum atomic E-state index is 0.722. The zero-order valence-corrected chi connectivity index (χ0v) is 12.7. The summed E-state index contributed by atoms with van der Waals surface area (Å²) in [5.41, 5.74) is 1.99. The fourth-order valence-corrected chi connectivity index (χ4v) is 2.97. The molecule has 5 heteroatoms. The normalized spacial score (nSPS) is 11.3. The highest BCUT2D eigenvalue weighted by atomic mass is 35.5. The molecule has 0 radical (unpaired) electrons. The van der Waals surface area contributed by atoms with E-state index in [1.54, 1.807) is 0 Å². The standard InChI is InChI=1S/C15H14ClN3S/c1-19(10-14-6-7-17-20-14)9-13-5-3-11-2-4-12(16)8-15(11)18-13/h2-8H,9-10H2,1H3. The SMILES string of the molecule is CN(Cc1ccc2ccc(Cl)cc2n1)Cc1ccns1. The van der Waals surface area contributed by atoms with Crippen molar-refractivity contribution in [1.29, 1.82) is 0 Å². The van der Waals surface area contributed by atoms with Gasteiger partial charge in [0, 0.05) is 34.6 Å². The molecule has 0 aliphatic carbocycles. The van der Waals surface area contributed by atoms with Gasteiger partial charge in [0.15, 0.2) is 0 Å². The zero-order chi connectivity index (χ0) is 13.9. The van der Waals surface area contributed by atoms with Crippen molar-refractivity contribution in [3.8, 4) is 0 Å². The molecule has 3 nitrogen and oxygen atoms in total. The Morgan fingerprint density at radius 3 is 2.80 bits per heavy atom. The first-order chi connectivity index (χ1) is 9.70. The van der Waals surface area contributed by atoms with E-state index in [1.165, 1.54) is 16.4 Å². The van der Waals surface area contributed by atoms with Crippen molar-refractivity contribution in [2.24, 2.45) is 0 Å². The maximum atomic E-state index is 6.02. The third-order valence-electron chi connectivity index (χ3n) is 3.06. The predicted octanol–water partition coefficient (Wildman–Crippen LogP) is 3.98. The summed E-state index contributed by atoms with van der Waals surface area (Å²) in [6.07, 6.45) is 1.84. The molecular weight excluding hydrogens is 290 g/mol. The van der Waals surface area contributed by atoms with Gasteiger partial charge in [-0.05, 0) is 42.8 Å². The Morgan fingerprint density at radius 2 is 2.00 bits per heavy atom. The number of halogens is 1. The fourth-order valence-electron chi connectivity index (χ4n) is 2.14. The predicted molar refractivity (Wildman–Crippen MR) is 84.0 cm³/mol. The van der Waals surface area contributed by atoms with Crippen molar-refractivity contribution in [2.45, 2.75) is 13.1 Å². The van der Waals surface area contributed by atoms with Crippen LogP contribution in [0.5, 0.6) is 0 Å². The molecule has 0 saturated heterocycles. The lowest BCUT2D eigenvalue weighted by Gasteiger charge is -2.15. The van der Waals surface area contributed by atoms with Gasteiger partial charge in [0.1, 0.15) is 0 Å². The topological polar surface area (TPSA) is 29.0 Å². The molecule has 2 aromatic heterocycles. The Kier molecular flexibility index (Phi) is 3.96. The molecule has 0 aliphatic rings. The first-order valence-electron chi connectivity index (χ1n) is 6.34. The number of hydrogen-bond acceptors (Lipinski definition) is 4. The van der Waals surface area contributed by atoms with Gasteiger partial charge in [-0.1, -0.05) is 23.7 Å². The molecule has 0 spiro atoms. The van der Waals surface area contributed by atoms with Gasteiger partial charge in [-0.15, -0.1) is 0 Å². The highest BCUT2D eigenvalue weighted by Crippen LogP contribution is 2.18. The zero-order valence-electron chi connectivity index (χ0n) is 11.1. The second-order valence-corrected chi connectivity index (χ2v) is 6.14. The van der Waals surface area contributed by atoms with E-state index in [1.807, 2.05) is 24.4 Å². The summed E-state index contributed by atoms with van der Waals surface area (Å²) < 4.78 is 4.12. The van der Waals surface area contributed by atoms with E-state index in [0.717, 1.165) is 34.7 Å². The molecule has 3 rings (SSSR count). The first kappa shape index (κ1) is 13.5. The minimum absolute atomic E-state index is 0.722. The van der Waals surface area contributed by atoms with Gasteiger partial charge in [0.25, 0.3) is 0 Å². The Hall–Kier alpha value is -1.49. The number of benzene rings is 1. The molecular formula is C15H14ClN3S. The summed E-state index contributed by atoms with van der Waals surface area (Å²) in [5.74, 6) is 0. The van der Waals surface area contributed by atoms with Gasteiger partial charge in [-0.3, -0.25) is 9.88 Å². The van der Waals surface area contributed by atoms with Crippen LogP contribution in [0.25, 0.3) is 10.9 Å². The largest absolute Gasteiger partial charge is 0.295 e. The van der Waals surface area contributed by atoms with Crippen LogP contribution >= 0.6 is 23.1 Å². The second-order valence-electron chi connectivity index (χ2n) is 4.79. The fraction of sp³-hybridized carbons (Fsp3) is 0.200. The molecule has 0 aliphatic heterocycles. The Labute approximate surface area is 127 Å². The molecule has 0 N–H and O–H groups in total. The van der Waals surface area contributed by atoms with Crippen molar-refractivity contribution in [3.05, 3.63) is 58.2 Å². The van der Waals surface area contributed by atoms with Gasteiger partial charge < -0.3 is 0 Å². The number of aromatic nitrogens is 2. The average Bonchev–Trinajstić information content (AvgIpc) is 2.91. The van der Waals surface area contributed by atoms with Crippen molar-refractivity contribution in [3.63, 3.8) is 0 Å². The number of nitrogens with zero attached hydrogens (tertiary/aromatic N) is 3. The Morgan fingerprint density at radius 1 is 1.15 bits per heavy atom. The maximum absolute atomic E-state index is 6.02. The van der Waals surface area contributed by atoms with E-state index in [-0.39, 0.29) is 0 Å². The molecule has 0 bridgehead atoms. The minimum Gasteiger partial charge on any atom is -0.295 e. The van der Waals surface area contributed by atoms with E-state index in [0.29, 0.717) is 0 Å². The molecule has 1 aromatic carbocycles. The van der Waals surface area contributed by atoms with Gasteiger partial charge in [0.2, 0.25) is 0 Å². The number of rotatable bonds is 4. The molecule has 0 unspecified atom stereocenters. The quantitative estimate of drug-likeness (QED) is 0.730. The summed E-state index contributed by atoms with van der Waals surface area (Å²) in [5, 5.41) is 1.84. The van der Waals surface area contributed by atoms with E-state index in [9.17, 15) is 0 Å². The van der Waals surface area contributed by atoms with Gasteiger partial charge in [-0.25, -0.2) is 4.37 Å². The first-order valence-corrected chi connectivity index (χ1v) is 7.49. The summed E-state index contributed by atoms with van der Waals surface area (Å²) >= 11 is 7.55. The Bertz CT molecular complexity index is 712. The summed E-state index contributed by atoms with van der Waals surface area (Å²) in [4.78, 5) is 8.16. The number of hydrogen-bond donors (Lipinski definition) is 0. The molecule has 102 valence electrons. The molecule has 0 saturated carbocycles. The molecule has 0 fully saturated rings. The van der Waals surface area contributed by atoms with Gasteiger partial charge in [0.05, 0.1) is 11.2 Å². The van der Waals surface area contributed by atoms with E-state index in [4.69, 9.17) is 11.6 Å². The molecule has 0 atom stereocenters. The van der Waals surface area contributed by atoms with Crippen LogP contribution in [-0.4, -0.2) is 21.3 Å². The lowest BCUT2D eigenvalue weighted by molar-refractivity contribution is 0.318. The lowest BCUT2D eigenvalue weighted by Crippen LogP contribution is -2.17. The Balaban J connectivity index is 1.76. The van der Waals surface area contributed by atoms with E-state index < -0.39 is 0 Å². The van der Waals surface area contributed by atoms with E-state index in [2.05, 4.69) is 39.5 Å². The summed E-state index contributed by atoms with van der Waals surface area (Å²) in [6, 6.07) is 12.0. The maximum Gasteiger partial charge on any atom is 0.0720 e. The number of fused-ring (bicyclic) bond motifs is 1. The smallest absolute Gasteiger partial charge is 0.0720 e. The average molecular weight is 304 g/mol.